The highest BCUT2D eigenvalue weighted by atomic mass is 16.4. The van der Waals surface area contributed by atoms with Crippen molar-refractivity contribution < 1.29 is 9.90 Å². The fourth-order valence-corrected chi connectivity index (χ4v) is 0.622. The fourth-order valence-electron chi connectivity index (χ4n) is 0.622. The van der Waals surface area contributed by atoms with Gasteiger partial charge in [-0.15, -0.1) is 0 Å². The Bertz CT molecular complexity index is 261. The predicted octanol–water partition coefficient (Wildman–Crippen LogP) is -2.23. The molecule has 0 saturated heterocycles. The number of rotatable bonds is 2. The van der Waals surface area contributed by atoms with E-state index in [1.165, 1.54) is 14.1 Å². The van der Waals surface area contributed by atoms with Gasteiger partial charge in [0.05, 0.1) is 0 Å². The highest BCUT2D eigenvalue weighted by molar-refractivity contribution is 5.86. The first-order chi connectivity index (χ1) is 6.51. The molecular weight excluding hydrogens is 188 g/mol. The zero-order valence-electron chi connectivity index (χ0n) is 8.06. The van der Waals surface area contributed by atoms with Crippen molar-refractivity contribution in [3.8, 4) is 0 Å². The van der Waals surface area contributed by atoms with E-state index in [4.69, 9.17) is 16.6 Å². The van der Waals surface area contributed by atoms with Crippen LogP contribution in [0.15, 0.2) is 9.98 Å². The Hall–Kier alpha value is -1.99. The van der Waals surface area contributed by atoms with Gasteiger partial charge in [-0.05, 0) is 0 Å². The number of nitrogens with two attached hydrogens (primary N) is 2. The lowest BCUT2D eigenvalue weighted by atomic mass is 10.6. The fraction of sp³-hybridized carbons (Fsp3) is 0.500. The number of hydrazine groups is 1. The van der Waals surface area contributed by atoms with E-state index in [2.05, 4.69) is 15.4 Å². The van der Waals surface area contributed by atoms with Gasteiger partial charge in [-0.25, -0.2) is 5.01 Å². The SMILES string of the molecule is CN=C(N)NN(CC(=O)O)C(N)=NC. The van der Waals surface area contributed by atoms with E-state index in [-0.39, 0.29) is 18.5 Å². The van der Waals surface area contributed by atoms with Gasteiger partial charge in [-0.1, -0.05) is 0 Å². The second kappa shape index (κ2) is 5.62. The minimum Gasteiger partial charge on any atom is -0.480 e. The summed E-state index contributed by atoms with van der Waals surface area (Å²) >= 11 is 0. The van der Waals surface area contributed by atoms with E-state index < -0.39 is 5.97 Å². The molecule has 0 bridgehead atoms. The Morgan fingerprint density at radius 2 is 2.00 bits per heavy atom. The van der Waals surface area contributed by atoms with Crippen molar-refractivity contribution >= 4 is 17.9 Å². The average molecular weight is 202 g/mol. The molecule has 0 radical (unpaired) electrons. The second-order valence-electron chi connectivity index (χ2n) is 2.28. The van der Waals surface area contributed by atoms with Gasteiger partial charge in [0.25, 0.3) is 0 Å². The molecule has 0 aliphatic rings. The van der Waals surface area contributed by atoms with E-state index in [1.54, 1.807) is 0 Å². The van der Waals surface area contributed by atoms with Gasteiger partial charge in [-0.3, -0.25) is 20.2 Å². The molecule has 0 atom stereocenters. The number of aliphatic imine (C=N–C) groups is 2. The Morgan fingerprint density at radius 1 is 1.43 bits per heavy atom. The van der Waals surface area contributed by atoms with Crippen LogP contribution in [0.25, 0.3) is 0 Å². The first kappa shape index (κ1) is 12.0. The lowest BCUT2D eigenvalue weighted by molar-refractivity contribution is -0.137. The number of guanidine groups is 2. The number of aliphatic carboxylic acids is 1. The summed E-state index contributed by atoms with van der Waals surface area (Å²) in [6.45, 7) is -0.362. The highest BCUT2D eigenvalue weighted by Crippen LogP contribution is 1.82. The Labute approximate surface area is 81.3 Å². The monoisotopic (exact) mass is 202 g/mol. The summed E-state index contributed by atoms with van der Waals surface area (Å²) in [5.41, 5.74) is 13.2. The molecule has 0 aromatic rings. The summed E-state index contributed by atoms with van der Waals surface area (Å²) in [6, 6.07) is 0. The molecule has 0 amide bonds. The lowest BCUT2D eigenvalue weighted by Gasteiger charge is -2.21. The molecule has 0 unspecified atom stereocenters. The summed E-state index contributed by atoms with van der Waals surface area (Å²) in [7, 11) is 2.89. The largest absolute Gasteiger partial charge is 0.480 e. The summed E-state index contributed by atoms with van der Waals surface area (Å²) in [4.78, 5) is 17.6. The molecule has 0 saturated carbocycles. The summed E-state index contributed by atoms with van der Waals surface area (Å²) < 4.78 is 0. The maximum atomic E-state index is 10.4. The Kier molecular flexibility index (Phi) is 4.82. The van der Waals surface area contributed by atoms with Gasteiger partial charge < -0.3 is 16.6 Å². The highest BCUT2D eigenvalue weighted by Gasteiger charge is 2.11. The van der Waals surface area contributed by atoms with Crippen molar-refractivity contribution in [1.29, 1.82) is 0 Å². The number of nitrogens with one attached hydrogen (secondary N) is 1. The molecule has 80 valence electrons. The molecule has 0 fully saturated rings. The molecule has 0 heterocycles. The van der Waals surface area contributed by atoms with Crippen LogP contribution in [0.5, 0.6) is 0 Å². The maximum Gasteiger partial charge on any atom is 0.325 e. The quantitative estimate of drug-likeness (QED) is 0.228. The van der Waals surface area contributed by atoms with Gasteiger partial charge in [0.15, 0.2) is 0 Å². The molecule has 0 aliphatic heterocycles. The van der Waals surface area contributed by atoms with Gasteiger partial charge in [0.2, 0.25) is 11.9 Å². The number of hydrogen-bond donors (Lipinski definition) is 4. The number of nitrogens with zero attached hydrogens (tertiary/aromatic N) is 3. The van der Waals surface area contributed by atoms with E-state index in [1.807, 2.05) is 0 Å². The first-order valence-electron chi connectivity index (χ1n) is 3.71. The Balaban J connectivity index is 4.48. The normalized spacial score (nSPS) is 12.4. The van der Waals surface area contributed by atoms with Gasteiger partial charge in [-0.2, -0.15) is 0 Å². The minimum absolute atomic E-state index is 0.0130. The van der Waals surface area contributed by atoms with Crippen LogP contribution < -0.4 is 16.9 Å². The first-order valence-corrected chi connectivity index (χ1v) is 3.71. The molecule has 8 nitrogen and oxygen atoms in total. The maximum absolute atomic E-state index is 10.4. The van der Waals surface area contributed by atoms with Crippen LogP contribution in [0.1, 0.15) is 0 Å². The van der Waals surface area contributed by atoms with Crippen molar-refractivity contribution in [3.63, 3.8) is 0 Å². The van der Waals surface area contributed by atoms with E-state index >= 15 is 0 Å². The lowest BCUT2D eigenvalue weighted by Crippen LogP contribution is -2.53. The van der Waals surface area contributed by atoms with Crippen LogP contribution in [-0.2, 0) is 4.79 Å². The zero-order valence-corrected chi connectivity index (χ0v) is 8.06. The number of carboxylic acid groups (broad SMARTS) is 1. The molecule has 0 aliphatic carbocycles. The molecule has 8 heteroatoms. The minimum atomic E-state index is -1.06. The number of carbonyl (C=O) groups is 1. The third-order valence-electron chi connectivity index (χ3n) is 1.29. The topological polar surface area (TPSA) is 129 Å². The van der Waals surface area contributed by atoms with Gasteiger partial charge in [0.1, 0.15) is 6.54 Å². The molecule has 0 aromatic carbocycles. The van der Waals surface area contributed by atoms with Crippen molar-refractivity contribution in [2.75, 3.05) is 20.6 Å². The smallest absolute Gasteiger partial charge is 0.325 e. The van der Waals surface area contributed by atoms with Crippen molar-refractivity contribution in [2.45, 2.75) is 0 Å². The summed E-state index contributed by atoms with van der Waals surface area (Å²) in [5, 5.41) is 9.62. The van der Waals surface area contributed by atoms with Gasteiger partial charge >= 0.3 is 5.97 Å². The van der Waals surface area contributed by atoms with Crippen molar-refractivity contribution in [3.05, 3.63) is 0 Å². The molecule has 0 rings (SSSR count). The predicted molar refractivity (Wildman–Crippen MR) is 52.6 cm³/mol. The average Bonchev–Trinajstić information content (AvgIpc) is 2.14. The van der Waals surface area contributed by atoms with Crippen molar-refractivity contribution in [1.82, 2.24) is 10.4 Å². The van der Waals surface area contributed by atoms with Crippen LogP contribution >= 0.6 is 0 Å². The summed E-state index contributed by atoms with van der Waals surface area (Å²) in [5.74, 6) is -0.996. The Morgan fingerprint density at radius 3 is 2.36 bits per heavy atom. The molecule has 0 aromatic heterocycles. The van der Waals surface area contributed by atoms with Crippen LogP contribution in [0.4, 0.5) is 0 Å². The molecule has 0 spiro atoms. The van der Waals surface area contributed by atoms with Crippen LogP contribution in [-0.4, -0.2) is 48.6 Å². The van der Waals surface area contributed by atoms with Crippen LogP contribution in [0, 0.1) is 0 Å². The standard InChI is InChI=1S/C6H14N6O2/c1-9-5(7)11-12(3-4(13)14)6(8)10-2/h3H2,1-2H3,(H2,8,10)(H,13,14)(H3,7,9,11). The summed E-state index contributed by atoms with van der Waals surface area (Å²) in [6.07, 6.45) is 0. The van der Waals surface area contributed by atoms with E-state index in [0.29, 0.717) is 0 Å². The van der Waals surface area contributed by atoms with E-state index in [0.717, 1.165) is 5.01 Å². The molecule has 14 heavy (non-hydrogen) atoms. The van der Waals surface area contributed by atoms with Crippen LogP contribution in [0.2, 0.25) is 0 Å². The zero-order chi connectivity index (χ0) is 11.1. The van der Waals surface area contributed by atoms with Crippen molar-refractivity contribution in [2.24, 2.45) is 21.5 Å². The van der Waals surface area contributed by atoms with Crippen LogP contribution in [0.3, 0.4) is 0 Å². The number of hydrogen-bond acceptors (Lipinski definition) is 3. The van der Waals surface area contributed by atoms with E-state index in [9.17, 15) is 4.79 Å². The third kappa shape index (κ3) is 4.14. The van der Waals surface area contributed by atoms with Gasteiger partial charge in [0, 0.05) is 14.1 Å². The second-order valence-corrected chi connectivity index (χ2v) is 2.28. The third-order valence-corrected chi connectivity index (χ3v) is 1.29. The number of carboxylic acids is 1. The molecular formula is C6H14N6O2. The molecule has 6 N–H and O–H groups in total.